The van der Waals surface area contributed by atoms with E-state index < -0.39 is 0 Å². The number of urea groups is 1. The molecule has 1 aromatic heterocycles. The molecule has 0 atom stereocenters. The highest BCUT2D eigenvalue weighted by Crippen LogP contribution is 2.18. The molecule has 0 aliphatic carbocycles. The molecule has 0 spiro atoms. The van der Waals surface area contributed by atoms with Gasteiger partial charge in [-0.05, 0) is 12.1 Å². The first-order valence-electron chi connectivity index (χ1n) is 5.08. The van der Waals surface area contributed by atoms with Gasteiger partial charge in [0, 0.05) is 36.8 Å². The molecule has 2 amide bonds. The summed E-state index contributed by atoms with van der Waals surface area (Å²) in [5.74, 6) is 0.929. The first-order chi connectivity index (χ1) is 7.66. The number of hydrogen-bond donors (Lipinski definition) is 1. The highest BCUT2D eigenvalue weighted by atomic mass is 79.9. The molecule has 2 N–H and O–H groups in total. The smallest absolute Gasteiger partial charge is 0.314 e. The van der Waals surface area contributed by atoms with E-state index in [2.05, 4.69) is 25.8 Å². The van der Waals surface area contributed by atoms with Gasteiger partial charge in [-0.15, -0.1) is 0 Å². The Kier molecular flexibility index (Phi) is 3.28. The minimum Gasteiger partial charge on any atom is -0.353 e. The third-order valence-corrected chi connectivity index (χ3v) is 3.12. The summed E-state index contributed by atoms with van der Waals surface area (Å²) >= 11 is 3.41. The van der Waals surface area contributed by atoms with Crippen molar-refractivity contribution in [3.05, 3.63) is 22.8 Å². The molecular weight excluding hydrogens is 272 g/mol. The number of amides is 2. The van der Waals surface area contributed by atoms with Gasteiger partial charge in [0.1, 0.15) is 5.82 Å². The van der Waals surface area contributed by atoms with Gasteiger partial charge >= 0.3 is 6.03 Å². The fraction of sp³-hybridized carbons (Fsp3) is 0.400. The fourth-order valence-electron chi connectivity index (χ4n) is 1.72. The van der Waals surface area contributed by atoms with Gasteiger partial charge in [-0.1, -0.05) is 15.9 Å². The molecule has 1 fully saturated rings. The van der Waals surface area contributed by atoms with Gasteiger partial charge in [-0.25, -0.2) is 9.78 Å². The second-order valence-electron chi connectivity index (χ2n) is 3.64. The zero-order valence-electron chi connectivity index (χ0n) is 8.77. The molecule has 1 aliphatic heterocycles. The van der Waals surface area contributed by atoms with Crippen molar-refractivity contribution in [3.63, 3.8) is 0 Å². The molecule has 86 valence electrons. The molecule has 5 nitrogen and oxygen atoms in total. The van der Waals surface area contributed by atoms with Crippen molar-refractivity contribution in [1.82, 2.24) is 9.88 Å². The second kappa shape index (κ2) is 4.69. The van der Waals surface area contributed by atoms with E-state index in [0.717, 1.165) is 23.4 Å². The summed E-state index contributed by atoms with van der Waals surface area (Å²) < 4.78 is 1.01. The number of carbonyl (C=O) groups excluding carboxylic acids is 1. The lowest BCUT2D eigenvalue weighted by Crippen LogP contribution is -2.50. The molecule has 1 aromatic rings. The first-order valence-corrected chi connectivity index (χ1v) is 5.87. The zero-order chi connectivity index (χ0) is 11.5. The van der Waals surface area contributed by atoms with Crippen LogP contribution in [0.1, 0.15) is 0 Å². The van der Waals surface area contributed by atoms with Gasteiger partial charge in [0.2, 0.25) is 0 Å². The minimum absolute atomic E-state index is 0.346. The van der Waals surface area contributed by atoms with Crippen LogP contribution in [0.4, 0.5) is 10.6 Å². The van der Waals surface area contributed by atoms with Crippen molar-refractivity contribution in [2.75, 3.05) is 31.1 Å². The monoisotopic (exact) mass is 284 g/mol. The maximum absolute atomic E-state index is 11.0. The highest BCUT2D eigenvalue weighted by molar-refractivity contribution is 9.10. The number of pyridine rings is 1. The zero-order valence-corrected chi connectivity index (χ0v) is 10.4. The molecule has 1 saturated heterocycles. The van der Waals surface area contributed by atoms with Gasteiger partial charge in [0.05, 0.1) is 0 Å². The molecule has 0 saturated carbocycles. The lowest BCUT2D eigenvalue weighted by Gasteiger charge is -2.34. The molecule has 0 aromatic carbocycles. The third kappa shape index (κ3) is 2.44. The number of piperazine rings is 1. The number of nitrogens with two attached hydrogens (primary N) is 1. The lowest BCUT2D eigenvalue weighted by molar-refractivity contribution is 0.204. The Hall–Kier alpha value is -1.30. The van der Waals surface area contributed by atoms with Crippen LogP contribution in [-0.4, -0.2) is 42.1 Å². The van der Waals surface area contributed by atoms with E-state index in [4.69, 9.17) is 5.73 Å². The Morgan fingerprint density at radius 3 is 2.62 bits per heavy atom. The number of carbonyl (C=O) groups is 1. The number of rotatable bonds is 1. The Morgan fingerprint density at radius 1 is 1.38 bits per heavy atom. The summed E-state index contributed by atoms with van der Waals surface area (Å²) in [7, 11) is 0. The van der Waals surface area contributed by atoms with Crippen LogP contribution in [0.2, 0.25) is 0 Å². The Bertz CT molecular complexity index is 390. The minimum atomic E-state index is -0.346. The van der Waals surface area contributed by atoms with Crippen LogP contribution >= 0.6 is 15.9 Å². The Morgan fingerprint density at radius 2 is 2.06 bits per heavy atom. The van der Waals surface area contributed by atoms with Crippen molar-refractivity contribution in [1.29, 1.82) is 0 Å². The number of hydrogen-bond acceptors (Lipinski definition) is 3. The van der Waals surface area contributed by atoms with Crippen LogP contribution in [-0.2, 0) is 0 Å². The molecule has 2 rings (SSSR count). The first kappa shape index (κ1) is 11.2. The maximum Gasteiger partial charge on any atom is 0.314 e. The molecular formula is C10H13BrN4O. The number of primary amides is 1. The van der Waals surface area contributed by atoms with E-state index in [9.17, 15) is 4.79 Å². The van der Waals surface area contributed by atoms with Crippen molar-refractivity contribution in [2.24, 2.45) is 5.73 Å². The molecule has 1 aliphatic rings. The summed E-state index contributed by atoms with van der Waals surface area (Å²) in [5.41, 5.74) is 5.22. The van der Waals surface area contributed by atoms with Gasteiger partial charge in [-0.3, -0.25) is 0 Å². The van der Waals surface area contributed by atoms with E-state index in [1.807, 2.05) is 12.1 Å². The van der Waals surface area contributed by atoms with Crippen LogP contribution in [0.5, 0.6) is 0 Å². The van der Waals surface area contributed by atoms with E-state index in [-0.39, 0.29) is 6.03 Å². The van der Waals surface area contributed by atoms with Crippen molar-refractivity contribution in [2.45, 2.75) is 0 Å². The van der Waals surface area contributed by atoms with Gasteiger partial charge in [-0.2, -0.15) is 0 Å². The normalized spacial score (nSPS) is 16.3. The van der Waals surface area contributed by atoms with Gasteiger partial charge < -0.3 is 15.5 Å². The lowest BCUT2D eigenvalue weighted by atomic mass is 10.3. The van der Waals surface area contributed by atoms with Crippen molar-refractivity contribution in [3.8, 4) is 0 Å². The number of anilines is 1. The summed E-state index contributed by atoms with van der Waals surface area (Å²) in [4.78, 5) is 19.0. The SMILES string of the molecule is NC(=O)N1CCN(c2cc(Br)ccn2)CC1. The van der Waals surface area contributed by atoms with Crippen LogP contribution in [0.25, 0.3) is 0 Å². The van der Waals surface area contributed by atoms with Crippen LogP contribution in [0.3, 0.4) is 0 Å². The topological polar surface area (TPSA) is 62.5 Å². The second-order valence-corrected chi connectivity index (χ2v) is 4.56. The Balaban J connectivity index is 2.01. The molecule has 0 radical (unpaired) electrons. The average molecular weight is 285 g/mol. The van der Waals surface area contributed by atoms with E-state index in [1.54, 1.807) is 11.1 Å². The predicted octanol–water partition coefficient (Wildman–Crippen LogP) is 1.04. The van der Waals surface area contributed by atoms with Gasteiger partial charge in [0.15, 0.2) is 0 Å². The summed E-state index contributed by atoms with van der Waals surface area (Å²) in [6.45, 7) is 2.85. The van der Waals surface area contributed by atoms with Crippen molar-refractivity contribution >= 4 is 27.8 Å². The number of aromatic nitrogens is 1. The highest BCUT2D eigenvalue weighted by Gasteiger charge is 2.19. The molecule has 0 unspecified atom stereocenters. The average Bonchev–Trinajstić information content (AvgIpc) is 2.29. The third-order valence-electron chi connectivity index (χ3n) is 2.62. The summed E-state index contributed by atoms with van der Waals surface area (Å²) in [6.07, 6.45) is 1.76. The number of halogens is 1. The largest absolute Gasteiger partial charge is 0.353 e. The summed E-state index contributed by atoms with van der Waals surface area (Å²) in [6, 6.07) is 3.52. The predicted molar refractivity (Wildman–Crippen MR) is 65.3 cm³/mol. The standard InChI is InChI=1S/C10H13BrN4O/c11-8-1-2-13-9(7-8)14-3-5-15(6-4-14)10(12)16/h1-2,7H,3-6H2,(H2,12,16). The molecule has 2 heterocycles. The van der Waals surface area contributed by atoms with Crippen LogP contribution in [0, 0.1) is 0 Å². The number of nitrogens with zero attached hydrogens (tertiary/aromatic N) is 3. The van der Waals surface area contributed by atoms with Gasteiger partial charge in [0.25, 0.3) is 0 Å². The molecule has 0 bridgehead atoms. The Labute approximate surface area is 102 Å². The quantitative estimate of drug-likeness (QED) is 0.838. The molecule has 6 heteroatoms. The van der Waals surface area contributed by atoms with Crippen LogP contribution in [0.15, 0.2) is 22.8 Å². The van der Waals surface area contributed by atoms with Crippen LogP contribution < -0.4 is 10.6 Å². The van der Waals surface area contributed by atoms with E-state index in [1.165, 1.54) is 0 Å². The van der Waals surface area contributed by atoms with E-state index in [0.29, 0.717) is 13.1 Å². The fourth-order valence-corrected chi connectivity index (χ4v) is 2.05. The molecule has 16 heavy (non-hydrogen) atoms. The maximum atomic E-state index is 11.0. The van der Waals surface area contributed by atoms with E-state index >= 15 is 0 Å². The summed E-state index contributed by atoms with van der Waals surface area (Å²) in [5, 5.41) is 0. The van der Waals surface area contributed by atoms with Crippen molar-refractivity contribution < 1.29 is 4.79 Å².